The summed E-state index contributed by atoms with van der Waals surface area (Å²) >= 11 is 0. The predicted octanol–water partition coefficient (Wildman–Crippen LogP) is 1.82. The number of allylic oxidation sites excluding steroid dienone is 1. The Labute approximate surface area is 128 Å². The molecular weight excluding hydrogens is 282 g/mol. The molecule has 2 aliphatic carbocycles. The minimum absolute atomic E-state index is 0.0660. The van der Waals surface area contributed by atoms with E-state index in [9.17, 15) is 14.7 Å². The molecule has 5 heteroatoms. The average Bonchev–Trinajstić information content (AvgIpc) is 3.06. The third-order valence-corrected chi connectivity index (χ3v) is 5.53. The molecule has 0 bridgehead atoms. The van der Waals surface area contributed by atoms with Crippen molar-refractivity contribution < 1.29 is 19.4 Å². The molecule has 2 fully saturated rings. The molecule has 1 saturated carbocycles. The van der Waals surface area contributed by atoms with Crippen molar-refractivity contribution in [2.24, 2.45) is 10.8 Å². The van der Waals surface area contributed by atoms with E-state index in [4.69, 9.17) is 4.74 Å². The van der Waals surface area contributed by atoms with Gasteiger partial charge in [-0.05, 0) is 30.2 Å². The first kappa shape index (κ1) is 13.4. The summed E-state index contributed by atoms with van der Waals surface area (Å²) in [4.78, 5) is 25.0. The Morgan fingerprint density at radius 1 is 1.45 bits per heavy atom. The molecule has 0 aromatic heterocycles. The third-order valence-electron chi connectivity index (χ3n) is 5.53. The van der Waals surface area contributed by atoms with Gasteiger partial charge >= 0.3 is 0 Å². The van der Waals surface area contributed by atoms with Crippen LogP contribution in [0, 0.1) is 10.8 Å². The van der Waals surface area contributed by atoms with Gasteiger partial charge in [0, 0.05) is 23.8 Å². The van der Waals surface area contributed by atoms with E-state index in [0.717, 1.165) is 18.4 Å². The summed E-state index contributed by atoms with van der Waals surface area (Å²) in [6, 6.07) is 5.12. The van der Waals surface area contributed by atoms with Gasteiger partial charge < -0.3 is 14.7 Å². The SMILES string of the molecule is COc1ccc([C@@H]2N(C=O)C[C@@]34CC(=O)C=C[C@]23C4)cc1O. The predicted molar refractivity (Wildman–Crippen MR) is 78.4 cm³/mol. The quantitative estimate of drug-likeness (QED) is 0.865. The molecule has 1 amide bonds. The highest BCUT2D eigenvalue weighted by Crippen LogP contribution is 2.78. The maximum atomic E-state index is 11.8. The lowest BCUT2D eigenvalue weighted by atomic mass is 9.80. The number of hydrogen-bond acceptors (Lipinski definition) is 4. The number of phenolic OH excluding ortho intramolecular Hbond substituents is 1. The molecular formula is C17H17NO4. The number of ketones is 1. The molecule has 3 aliphatic rings. The summed E-state index contributed by atoms with van der Waals surface area (Å²) in [6.45, 7) is 0.601. The van der Waals surface area contributed by atoms with Crippen LogP contribution in [0.15, 0.2) is 30.4 Å². The molecule has 0 radical (unpaired) electrons. The zero-order valence-corrected chi connectivity index (χ0v) is 12.3. The summed E-state index contributed by atoms with van der Waals surface area (Å²) in [5.74, 6) is 0.613. The molecule has 114 valence electrons. The van der Waals surface area contributed by atoms with Crippen LogP contribution in [-0.4, -0.2) is 35.9 Å². The van der Waals surface area contributed by atoms with Gasteiger partial charge in [0.05, 0.1) is 13.2 Å². The monoisotopic (exact) mass is 299 g/mol. The smallest absolute Gasteiger partial charge is 0.210 e. The molecule has 0 unspecified atom stereocenters. The van der Waals surface area contributed by atoms with Crippen LogP contribution >= 0.6 is 0 Å². The van der Waals surface area contributed by atoms with Crippen LogP contribution in [0.2, 0.25) is 0 Å². The lowest BCUT2D eigenvalue weighted by Crippen LogP contribution is -2.28. The number of ether oxygens (including phenoxy) is 1. The number of likely N-dealkylation sites (tertiary alicyclic amines) is 1. The van der Waals surface area contributed by atoms with Crippen LogP contribution in [-0.2, 0) is 9.59 Å². The molecule has 1 heterocycles. The van der Waals surface area contributed by atoms with Gasteiger partial charge in [0.2, 0.25) is 6.41 Å². The van der Waals surface area contributed by atoms with Crippen molar-refractivity contribution in [1.82, 2.24) is 4.90 Å². The first-order chi connectivity index (χ1) is 10.5. The van der Waals surface area contributed by atoms with Crippen LogP contribution in [0.4, 0.5) is 0 Å². The Balaban J connectivity index is 1.80. The number of carbonyl (C=O) groups excluding carboxylic acids is 2. The number of benzene rings is 1. The Kier molecular flexibility index (Phi) is 2.50. The zero-order valence-electron chi connectivity index (χ0n) is 12.3. The number of aromatic hydroxyl groups is 1. The van der Waals surface area contributed by atoms with E-state index >= 15 is 0 Å². The van der Waals surface area contributed by atoms with E-state index in [0.29, 0.717) is 18.7 Å². The second-order valence-electron chi connectivity index (χ2n) is 6.59. The first-order valence-corrected chi connectivity index (χ1v) is 7.35. The highest BCUT2D eigenvalue weighted by atomic mass is 16.5. The second-order valence-corrected chi connectivity index (χ2v) is 6.59. The van der Waals surface area contributed by atoms with Crippen molar-refractivity contribution in [3.63, 3.8) is 0 Å². The fourth-order valence-corrected chi connectivity index (χ4v) is 4.55. The molecule has 1 aromatic carbocycles. The number of phenols is 1. The van der Waals surface area contributed by atoms with Crippen molar-refractivity contribution in [2.75, 3.05) is 13.7 Å². The highest BCUT2D eigenvalue weighted by Gasteiger charge is 2.76. The van der Waals surface area contributed by atoms with Gasteiger partial charge in [-0.15, -0.1) is 0 Å². The molecule has 1 N–H and O–H groups in total. The zero-order chi connectivity index (χ0) is 15.5. The summed E-state index contributed by atoms with van der Waals surface area (Å²) in [5.41, 5.74) is 0.603. The maximum absolute atomic E-state index is 11.8. The van der Waals surface area contributed by atoms with Crippen molar-refractivity contribution in [2.45, 2.75) is 18.9 Å². The van der Waals surface area contributed by atoms with Gasteiger partial charge in [-0.25, -0.2) is 0 Å². The molecule has 5 nitrogen and oxygen atoms in total. The summed E-state index contributed by atoms with van der Waals surface area (Å²) in [7, 11) is 1.50. The molecule has 22 heavy (non-hydrogen) atoms. The number of methoxy groups -OCH3 is 1. The van der Waals surface area contributed by atoms with Gasteiger partial charge in [0.15, 0.2) is 17.3 Å². The van der Waals surface area contributed by atoms with Gasteiger partial charge in [-0.1, -0.05) is 12.1 Å². The van der Waals surface area contributed by atoms with Crippen molar-refractivity contribution in [3.05, 3.63) is 35.9 Å². The maximum Gasteiger partial charge on any atom is 0.210 e. The lowest BCUT2D eigenvalue weighted by molar-refractivity contribution is -0.120. The van der Waals surface area contributed by atoms with Gasteiger partial charge in [-0.3, -0.25) is 9.59 Å². The molecule has 3 atom stereocenters. The Morgan fingerprint density at radius 3 is 2.95 bits per heavy atom. The van der Waals surface area contributed by atoms with E-state index in [1.807, 2.05) is 12.1 Å². The van der Waals surface area contributed by atoms with Crippen LogP contribution in [0.3, 0.4) is 0 Å². The lowest BCUT2D eigenvalue weighted by Gasteiger charge is -2.28. The molecule has 1 saturated heterocycles. The van der Waals surface area contributed by atoms with Crippen LogP contribution in [0.1, 0.15) is 24.4 Å². The molecule has 1 aliphatic heterocycles. The van der Waals surface area contributed by atoms with E-state index in [2.05, 4.69) is 0 Å². The minimum Gasteiger partial charge on any atom is -0.504 e. The van der Waals surface area contributed by atoms with Crippen LogP contribution in [0.5, 0.6) is 11.5 Å². The van der Waals surface area contributed by atoms with Gasteiger partial charge in [0.25, 0.3) is 0 Å². The number of piperidine rings is 1. The summed E-state index contributed by atoms with van der Waals surface area (Å²) in [5, 5.41) is 10.0. The average molecular weight is 299 g/mol. The molecule has 0 spiro atoms. The fourth-order valence-electron chi connectivity index (χ4n) is 4.55. The van der Waals surface area contributed by atoms with E-state index in [-0.39, 0.29) is 28.4 Å². The topological polar surface area (TPSA) is 66.8 Å². The first-order valence-electron chi connectivity index (χ1n) is 7.35. The normalized spacial score (nSPS) is 35.0. The number of carbonyl (C=O) groups is 2. The van der Waals surface area contributed by atoms with Crippen molar-refractivity contribution >= 4 is 12.2 Å². The number of amides is 1. The standard InChI is InChI=1S/C17H17NO4/c1-22-14-3-2-11(6-13(14)21)15-17-5-4-12(20)7-16(17,8-17)9-18(15)10-19/h2-6,10,15,21H,7-9H2,1H3/t15-,16-,17-/m0/s1. The minimum atomic E-state index is -0.164. The Morgan fingerprint density at radius 2 is 2.27 bits per heavy atom. The van der Waals surface area contributed by atoms with Crippen LogP contribution < -0.4 is 4.74 Å². The van der Waals surface area contributed by atoms with E-state index in [1.165, 1.54) is 7.11 Å². The largest absolute Gasteiger partial charge is 0.504 e. The number of nitrogens with zero attached hydrogens (tertiary/aromatic N) is 1. The highest BCUT2D eigenvalue weighted by molar-refractivity contribution is 5.93. The summed E-state index contributed by atoms with van der Waals surface area (Å²) in [6.07, 6.45) is 5.91. The van der Waals surface area contributed by atoms with Crippen molar-refractivity contribution in [1.29, 1.82) is 0 Å². The van der Waals surface area contributed by atoms with E-state index < -0.39 is 0 Å². The van der Waals surface area contributed by atoms with Crippen molar-refractivity contribution in [3.8, 4) is 11.5 Å². The summed E-state index contributed by atoms with van der Waals surface area (Å²) < 4.78 is 5.08. The second kappa shape index (κ2) is 4.12. The number of rotatable bonds is 3. The van der Waals surface area contributed by atoms with E-state index in [1.54, 1.807) is 23.1 Å². The van der Waals surface area contributed by atoms with Gasteiger partial charge in [0.1, 0.15) is 0 Å². The Bertz CT molecular complexity index is 713. The Hall–Kier alpha value is -2.30. The van der Waals surface area contributed by atoms with Gasteiger partial charge in [-0.2, -0.15) is 0 Å². The van der Waals surface area contributed by atoms with Crippen LogP contribution in [0.25, 0.3) is 0 Å². The molecule has 1 aromatic rings. The fraction of sp³-hybridized carbons (Fsp3) is 0.412. The third kappa shape index (κ3) is 1.48. The molecule has 4 rings (SSSR count). The number of hydrogen-bond donors (Lipinski definition) is 1.